The van der Waals surface area contributed by atoms with Gasteiger partial charge in [0.1, 0.15) is 5.82 Å². The number of aliphatic hydroxyl groups is 1. The van der Waals surface area contributed by atoms with Gasteiger partial charge in [-0.1, -0.05) is 62.9 Å². The molecule has 40 heavy (non-hydrogen) atoms. The minimum absolute atomic E-state index is 0.0257. The Morgan fingerprint density at radius 3 is 2.42 bits per heavy atom. The first-order chi connectivity index (χ1) is 19.3. The van der Waals surface area contributed by atoms with Gasteiger partial charge < -0.3 is 20.6 Å². The number of hydrogen-bond acceptors (Lipinski definition) is 7. The molecule has 1 aliphatic rings. The van der Waals surface area contributed by atoms with Crippen LogP contribution in [-0.4, -0.2) is 39.8 Å². The Bertz CT molecular complexity index is 1440. The quantitative estimate of drug-likeness (QED) is 0.201. The van der Waals surface area contributed by atoms with Gasteiger partial charge in [0.15, 0.2) is 0 Å². The van der Waals surface area contributed by atoms with Crippen LogP contribution in [0, 0.1) is 0 Å². The van der Waals surface area contributed by atoms with Gasteiger partial charge in [-0.05, 0) is 48.3 Å². The lowest BCUT2D eigenvalue weighted by molar-refractivity contribution is 0.311. The summed E-state index contributed by atoms with van der Waals surface area (Å²) in [6.45, 7) is 17.1. The summed E-state index contributed by atoms with van der Waals surface area (Å²) >= 11 is 13.9. The third-order valence-electron chi connectivity index (χ3n) is 6.73. The Balaban J connectivity index is 1.73. The first kappa shape index (κ1) is 29.3. The van der Waals surface area contributed by atoms with Gasteiger partial charge in [0, 0.05) is 59.5 Å². The number of fused-ring (bicyclic) bond motifs is 1. The van der Waals surface area contributed by atoms with Gasteiger partial charge in [-0.3, -0.25) is 4.98 Å². The molecule has 2 aromatic heterocycles. The van der Waals surface area contributed by atoms with E-state index in [0.29, 0.717) is 47.0 Å². The van der Waals surface area contributed by atoms with Crippen LogP contribution in [0.15, 0.2) is 67.8 Å². The van der Waals surface area contributed by atoms with Crippen molar-refractivity contribution in [3.63, 3.8) is 0 Å². The molecule has 0 saturated heterocycles. The number of allylic oxidation sites excluding steroid dienone is 2. The van der Waals surface area contributed by atoms with Crippen molar-refractivity contribution in [3.05, 3.63) is 106 Å². The molecule has 7 nitrogen and oxygen atoms in total. The lowest BCUT2D eigenvalue weighted by Crippen LogP contribution is -2.30. The zero-order valence-electron chi connectivity index (χ0n) is 22.9. The molecule has 0 aliphatic carbocycles. The van der Waals surface area contributed by atoms with Crippen LogP contribution in [0.5, 0.6) is 0 Å². The van der Waals surface area contributed by atoms with E-state index in [-0.39, 0.29) is 6.61 Å². The number of aryl methyl sites for hydroxylation is 2. The van der Waals surface area contributed by atoms with Crippen molar-refractivity contribution in [1.82, 2.24) is 15.0 Å². The highest BCUT2D eigenvalue weighted by atomic mass is 35.5. The monoisotopic (exact) mass is 576 g/mol. The van der Waals surface area contributed by atoms with Crippen molar-refractivity contribution >= 4 is 52.3 Å². The number of halogens is 2. The van der Waals surface area contributed by atoms with E-state index in [4.69, 9.17) is 28.2 Å². The summed E-state index contributed by atoms with van der Waals surface area (Å²) in [5.74, 6) is 1.13. The van der Waals surface area contributed by atoms with Crippen molar-refractivity contribution in [2.45, 2.75) is 33.1 Å². The topological polar surface area (TPSA) is 86.2 Å². The molecule has 0 fully saturated rings. The number of pyridine rings is 1. The molecular formula is C31H34Cl2N6O. The number of rotatable bonds is 12. The molecule has 0 atom stereocenters. The van der Waals surface area contributed by atoms with E-state index in [0.717, 1.165) is 57.7 Å². The predicted molar refractivity (Wildman–Crippen MR) is 168 cm³/mol. The fourth-order valence-electron chi connectivity index (χ4n) is 4.54. The Morgan fingerprint density at radius 1 is 1.10 bits per heavy atom. The number of aliphatic hydroxyl groups excluding tert-OH is 1. The Morgan fingerprint density at radius 2 is 1.82 bits per heavy atom. The normalized spacial score (nSPS) is 12.6. The number of nitrogens with one attached hydrogen (secondary N) is 2. The van der Waals surface area contributed by atoms with Gasteiger partial charge in [0.05, 0.1) is 28.5 Å². The number of hydrogen-bond donors (Lipinski definition) is 3. The maximum atomic E-state index is 9.25. The minimum Gasteiger partial charge on any atom is -0.395 e. The Labute approximate surface area is 246 Å². The van der Waals surface area contributed by atoms with Crippen molar-refractivity contribution < 1.29 is 5.11 Å². The van der Waals surface area contributed by atoms with Gasteiger partial charge >= 0.3 is 0 Å². The molecule has 208 valence electrons. The average Bonchev–Trinajstić information content (AvgIpc) is 2.96. The second-order valence-electron chi connectivity index (χ2n) is 9.33. The van der Waals surface area contributed by atoms with Crippen LogP contribution >= 0.6 is 23.2 Å². The van der Waals surface area contributed by atoms with Crippen LogP contribution < -0.4 is 15.5 Å². The van der Waals surface area contributed by atoms with Gasteiger partial charge in [0.2, 0.25) is 5.95 Å². The van der Waals surface area contributed by atoms with Gasteiger partial charge in [-0.2, -0.15) is 4.98 Å². The lowest BCUT2D eigenvalue weighted by atomic mass is 9.92. The molecule has 0 radical (unpaired) electrons. The number of aromatic nitrogens is 3. The Hall–Kier alpha value is -3.65. The number of anilines is 3. The minimum atomic E-state index is -0.0257. The van der Waals surface area contributed by atoms with E-state index in [1.54, 1.807) is 18.5 Å². The highest BCUT2D eigenvalue weighted by Crippen LogP contribution is 2.45. The highest BCUT2D eigenvalue weighted by Gasteiger charge is 2.29. The molecule has 3 aromatic rings. The first-order valence-corrected chi connectivity index (χ1v) is 14.0. The maximum Gasteiger partial charge on any atom is 0.224 e. The van der Waals surface area contributed by atoms with Crippen molar-refractivity contribution in [2.75, 3.05) is 35.2 Å². The largest absolute Gasteiger partial charge is 0.395 e. The summed E-state index contributed by atoms with van der Waals surface area (Å²) in [7, 11) is 0. The second kappa shape index (κ2) is 13.1. The fourth-order valence-corrected chi connectivity index (χ4v) is 5.35. The molecule has 0 spiro atoms. The van der Waals surface area contributed by atoms with Gasteiger partial charge in [-0.25, -0.2) is 4.98 Å². The van der Waals surface area contributed by atoms with Crippen LogP contribution in [0.2, 0.25) is 10.0 Å². The van der Waals surface area contributed by atoms with E-state index in [1.807, 2.05) is 18.2 Å². The zero-order chi connectivity index (χ0) is 28.8. The summed E-state index contributed by atoms with van der Waals surface area (Å²) in [5, 5.41) is 16.7. The van der Waals surface area contributed by atoms with Crippen LogP contribution in [0.4, 0.5) is 17.5 Å². The summed E-state index contributed by atoms with van der Waals surface area (Å²) in [6, 6.07) is 6.02. The summed E-state index contributed by atoms with van der Waals surface area (Å²) < 4.78 is 0. The SMILES string of the molecule is C=CC(=C)Nc1ccc(CCN2C(=C)C(c3c(Cl)c(CC)cc(CC)c3Cl)=Cc3cnc(NCCO)nc32)nc1. The van der Waals surface area contributed by atoms with Gasteiger partial charge in [-0.15, -0.1) is 0 Å². The summed E-state index contributed by atoms with van der Waals surface area (Å²) in [4.78, 5) is 15.9. The Kier molecular flexibility index (Phi) is 9.63. The second-order valence-corrected chi connectivity index (χ2v) is 10.1. The van der Waals surface area contributed by atoms with E-state index in [1.165, 1.54) is 0 Å². The van der Waals surface area contributed by atoms with Crippen LogP contribution in [0.25, 0.3) is 11.6 Å². The molecule has 4 rings (SSSR count). The van der Waals surface area contributed by atoms with Gasteiger partial charge in [0.25, 0.3) is 0 Å². The summed E-state index contributed by atoms with van der Waals surface area (Å²) in [6.07, 6.45) is 9.40. The lowest BCUT2D eigenvalue weighted by Gasteiger charge is -2.33. The smallest absolute Gasteiger partial charge is 0.224 e. The van der Waals surface area contributed by atoms with E-state index in [9.17, 15) is 5.11 Å². The molecule has 0 bridgehead atoms. The van der Waals surface area contributed by atoms with E-state index in [2.05, 4.69) is 65.2 Å². The molecule has 1 aromatic carbocycles. The zero-order valence-corrected chi connectivity index (χ0v) is 24.4. The van der Waals surface area contributed by atoms with Crippen LogP contribution in [-0.2, 0) is 19.3 Å². The maximum absolute atomic E-state index is 9.25. The first-order valence-electron chi connectivity index (χ1n) is 13.2. The van der Waals surface area contributed by atoms with Crippen LogP contribution in [0.1, 0.15) is 41.8 Å². The standard InChI is InChI=1S/C31H34Cl2N6O/c1-6-19(4)37-25-10-9-24(35-18-25)11-13-39-20(5)26(16-23-17-36-31(34-12-14-40)38-30(23)39)27-28(32)21(7-2)15-22(8-3)29(27)33/h6,9-10,15-18,37,40H,1,4-5,7-8,11-14H2,2-3H3,(H,34,36,38). The third-order valence-corrected chi connectivity index (χ3v) is 7.60. The molecule has 3 N–H and O–H groups in total. The average molecular weight is 578 g/mol. The number of benzene rings is 1. The third kappa shape index (κ3) is 6.22. The molecule has 0 unspecified atom stereocenters. The van der Waals surface area contributed by atoms with Crippen molar-refractivity contribution in [2.24, 2.45) is 0 Å². The number of nitrogens with zero attached hydrogens (tertiary/aromatic N) is 4. The molecular weight excluding hydrogens is 543 g/mol. The molecule has 3 heterocycles. The fraction of sp³-hybridized carbons (Fsp3) is 0.258. The highest BCUT2D eigenvalue weighted by molar-refractivity contribution is 6.39. The van der Waals surface area contributed by atoms with E-state index >= 15 is 0 Å². The predicted octanol–water partition coefficient (Wildman–Crippen LogP) is 6.94. The molecule has 9 heteroatoms. The molecule has 1 aliphatic heterocycles. The summed E-state index contributed by atoms with van der Waals surface area (Å²) in [5.41, 5.74) is 7.70. The van der Waals surface area contributed by atoms with E-state index < -0.39 is 0 Å². The van der Waals surface area contributed by atoms with Crippen molar-refractivity contribution in [1.29, 1.82) is 0 Å². The molecule has 0 amide bonds. The van der Waals surface area contributed by atoms with Crippen molar-refractivity contribution in [3.8, 4) is 0 Å². The molecule has 0 saturated carbocycles. The van der Waals surface area contributed by atoms with Crippen LogP contribution in [0.3, 0.4) is 0 Å².